The number of carbonyl (C=O) groups excluding carboxylic acids is 1. The molecule has 24 heavy (non-hydrogen) atoms. The van der Waals surface area contributed by atoms with Crippen LogP contribution in [0.4, 0.5) is 0 Å². The number of aryl methyl sites for hydroxylation is 1. The van der Waals surface area contributed by atoms with Crippen LogP contribution < -0.4 is 10.6 Å². The van der Waals surface area contributed by atoms with Gasteiger partial charge in [0.05, 0.1) is 13.0 Å². The van der Waals surface area contributed by atoms with Gasteiger partial charge in [0.25, 0.3) is 0 Å². The van der Waals surface area contributed by atoms with Crippen molar-refractivity contribution in [2.24, 2.45) is 10.9 Å². The zero-order valence-electron chi connectivity index (χ0n) is 14.7. The molecule has 0 aliphatic rings. The van der Waals surface area contributed by atoms with Crippen molar-refractivity contribution >= 4 is 22.9 Å². The maximum Gasteiger partial charge on any atom is 0.310 e. The van der Waals surface area contributed by atoms with Crippen LogP contribution in [0.15, 0.2) is 33.7 Å². The lowest BCUT2D eigenvalue weighted by Crippen LogP contribution is -2.40. The summed E-state index contributed by atoms with van der Waals surface area (Å²) < 4.78 is 10.6. The molecule has 0 saturated heterocycles. The molecule has 130 valence electrons. The van der Waals surface area contributed by atoms with Gasteiger partial charge in [0, 0.05) is 24.0 Å². The molecular weight excluding hydrogens is 306 g/mol. The molecule has 0 aliphatic heterocycles. The first-order valence-corrected chi connectivity index (χ1v) is 8.13. The average molecular weight is 331 g/mol. The number of benzene rings is 1. The van der Waals surface area contributed by atoms with Gasteiger partial charge in [0.1, 0.15) is 17.9 Å². The van der Waals surface area contributed by atoms with E-state index < -0.39 is 0 Å². The highest BCUT2D eigenvalue weighted by Gasteiger charge is 2.14. The molecule has 1 aromatic heterocycles. The molecule has 0 radical (unpaired) electrons. The van der Waals surface area contributed by atoms with Crippen LogP contribution in [0.3, 0.4) is 0 Å². The Balaban J connectivity index is 2.06. The van der Waals surface area contributed by atoms with E-state index in [1.54, 1.807) is 0 Å². The SMILES string of the molecule is CCNC(=NCc1oc2ccccc2c1C)NCC(C)C(=O)OC. The van der Waals surface area contributed by atoms with E-state index >= 15 is 0 Å². The van der Waals surface area contributed by atoms with Crippen LogP contribution in [-0.2, 0) is 16.1 Å². The number of para-hydroxylation sites is 1. The number of nitrogens with one attached hydrogen (secondary N) is 2. The van der Waals surface area contributed by atoms with Crippen LogP contribution >= 0.6 is 0 Å². The van der Waals surface area contributed by atoms with Crippen molar-refractivity contribution in [3.8, 4) is 0 Å². The van der Waals surface area contributed by atoms with Gasteiger partial charge in [-0.05, 0) is 19.9 Å². The van der Waals surface area contributed by atoms with Crippen LogP contribution in [0, 0.1) is 12.8 Å². The van der Waals surface area contributed by atoms with Gasteiger partial charge in [-0.15, -0.1) is 0 Å². The number of esters is 1. The van der Waals surface area contributed by atoms with E-state index in [0.717, 1.165) is 28.8 Å². The molecule has 0 amide bonds. The van der Waals surface area contributed by atoms with Gasteiger partial charge in [-0.25, -0.2) is 4.99 Å². The van der Waals surface area contributed by atoms with E-state index in [4.69, 9.17) is 9.15 Å². The first kappa shape index (κ1) is 17.8. The lowest BCUT2D eigenvalue weighted by Gasteiger charge is -2.14. The Hall–Kier alpha value is -2.50. The molecule has 1 aromatic carbocycles. The number of nitrogens with zero attached hydrogens (tertiary/aromatic N) is 1. The summed E-state index contributed by atoms with van der Waals surface area (Å²) in [7, 11) is 1.39. The number of methoxy groups -OCH3 is 1. The minimum absolute atomic E-state index is 0.244. The molecule has 0 fully saturated rings. The van der Waals surface area contributed by atoms with Crippen LogP contribution in [0.2, 0.25) is 0 Å². The first-order valence-electron chi connectivity index (χ1n) is 8.13. The minimum Gasteiger partial charge on any atom is -0.469 e. The number of hydrogen-bond donors (Lipinski definition) is 2. The van der Waals surface area contributed by atoms with Crippen molar-refractivity contribution in [2.45, 2.75) is 27.3 Å². The third-order valence-electron chi connectivity index (χ3n) is 3.85. The highest BCUT2D eigenvalue weighted by molar-refractivity contribution is 5.83. The second-order valence-corrected chi connectivity index (χ2v) is 5.65. The van der Waals surface area contributed by atoms with Gasteiger partial charge >= 0.3 is 5.97 Å². The summed E-state index contributed by atoms with van der Waals surface area (Å²) in [6.07, 6.45) is 0. The Morgan fingerprint density at radius 2 is 2.08 bits per heavy atom. The zero-order chi connectivity index (χ0) is 17.5. The van der Waals surface area contributed by atoms with E-state index in [9.17, 15) is 4.79 Å². The molecule has 2 N–H and O–H groups in total. The molecule has 2 aromatic rings. The predicted octanol–water partition coefficient (Wildman–Crippen LogP) is 2.61. The topological polar surface area (TPSA) is 75.9 Å². The average Bonchev–Trinajstić information content (AvgIpc) is 2.92. The summed E-state index contributed by atoms with van der Waals surface area (Å²) in [5.41, 5.74) is 1.98. The van der Waals surface area contributed by atoms with Gasteiger partial charge in [0.15, 0.2) is 5.96 Å². The lowest BCUT2D eigenvalue weighted by atomic mass is 10.1. The molecule has 2 rings (SSSR count). The predicted molar refractivity (Wildman–Crippen MR) is 94.9 cm³/mol. The fourth-order valence-electron chi connectivity index (χ4n) is 2.40. The summed E-state index contributed by atoms with van der Waals surface area (Å²) in [5.74, 6) is 1.00. The van der Waals surface area contributed by atoms with E-state index in [1.165, 1.54) is 7.11 Å². The van der Waals surface area contributed by atoms with Gasteiger partial charge in [-0.1, -0.05) is 25.1 Å². The summed E-state index contributed by atoms with van der Waals surface area (Å²) in [4.78, 5) is 16.0. The molecule has 0 aliphatic carbocycles. The number of aliphatic imine (C=N–C) groups is 1. The van der Waals surface area contributed by atoms with E-state index in [2.05, 4.69) is 15.6 Å². The fraction of sp³-hybridized carbons (Fsp3) is 0.444. The largest absolute Gasteiger partial charge is 0.469 e. The van der Waals surface area contributed by atoms with Gasteiger partial charge in [-0.3, -0.25) is 4.79 Å². The molecule has 1 unspecified atom stereocenters. The van der Waals surface area contributed by atoms with E-state index in [0.29, 0.717) is 19.0 Å². The first-order chi connectivity index (χ1) is 11.6. The Kier molecular flexibility index (Phi) is 6.23. The number of fused-ring (bicyclic) bond motifs is 1. The van der Waals surface area contributed by atoms with Crippen molar-refractivity contribution in [2.75, 3.05) is 20.2 Å². The van der Waals surface area contributed by atoms with Crippen molar-refractivity contribution in [3.05, 3.63) is 35.6 Å². The number of guanidine groups is 1. The molecule has 6 nitrogen and oxygen atoms in total. The Labute approximate surface area is 142 Å². The van der Waals surface area contributed by atoms with Gasteiger partial charge < -0.3 is 19.8 Å². The van der Waals surface area contributed by atoms with Crippen molar-refractivity contribution in [1.29, 1.82) is 0 Å². The third kappa shape index (κ3) is 4.28. The van der Waals surface area contributed by atoms with Crippen molar-refractivity contribution < 1.29 is 13.9 Å². The van der Waals surface area contributed by atoms with Gasteiger partial charge in [-0.2, -0.15) is 0 Å². The minimum atomic E-state index is -0.244. The van der Waals surface area contributed by atoms with Crippen molar-refractivity contribution in [1.82, 2.24) is 10.6 Å². The second-order valence-electron chi connectivity index (χ2n) is 5.65. The van der Waals surface area contributed by atoms with Crippen LogP contribution in [-0.4, -0.2) is 32.1 Å². The third-order valence-corrected chi connectivity index (χ3v) is 3.85. The number of hydrogen-bond acceptors (Lipinski definition) is 4. The maximum atomic E-state index is 11.5. The number of furan rings is 1. The van der Waals surface area contributed by atoms with Crippen LogP contribution in [0.1, 0.15) is 25.2 Å². The van der Waals surface area contributed by atoms with Crippen molar-refractivity contribution in [3.63, 3.8) is 0 Å². The zero-order valence-corrected chi connectivity index (χ0v) is 14.7. The highest BCUT2D eigenvalue weighted by Crippen LogP contribution is 2.25. The summed E-state index contributed by atoms with van der Waals surface area (Å²) in [6.45, 7) is 7.47. The quantitative estimate of drug-likeness (QED) is 0.483. The highest BCUT2D eigenvalue weighted by atomic mass is 16.5. The van der Waals surface area contributed by atoms with Gasteiger partial charge in [0.2, 0.25) is 0 Å². The Morgan fingerprint density at radius 3 is 2.75 bits per heavy atom. The summed E-state index contributed by atoms with van der Waals surface area (Å²) in [5, 5.41) is 7.43. The molecule has 1 heterocycles. The van der Waals surface area contributed by atoms with E-state index in [-0.39, 0.29) is 11.9 Å². The molecule has 0 bridgehead atoms. The molecule has 1 atom stereocenters. The molecular formula is C18H25N3O3. The smallest absolute Gasteiger partial charge is 0.310 e. The Morgan fingerprint density at radius 1 is 1.33 bits per heavy atom. The maximum absolute atomic E-state index is 11.5. The monoisotopic (exact) mass is 331 g/mol. The molecule has 6 heteroatoms. The van der Waals surface area contributed by atoms with Crippen LogP contribution in [0.5, 0.6) is 0 Å². The lowest BCUT2D eigenvalue weighted by molar-refractivity contribution is -0.144. The summed E-state index contributed by atoms with van der Waals surface area (Å²) in [6, 6.07) is 7.95. The molecule has 0 spiro atoms. The van der Waals surface area contributed by atoms with Crippen LogP contribution in [0.25, 0.3) is 11.0 Å². The number of rotatable bonds is 6. The standard InChI is InChI=1S/C18H25N3O3/c1-5-19-18(20-10-12(2)17(22)23-4)21-11-16-13(3)14-8-6-7-9-15(14)24-16/h6-9,12H,5,10-11H2,1-4H3,(H2,19,20,21). The number of ether oxygens (including phenoxy) is 1. The fourth-order valence-corrected chi connectivity index (χ4v) is 2.40. The molecule has 0 saturated carbocycles. The Bertz CT molecular complexity index is 721. The summed E-state index contributed by atoms with van der Waals surface area (Å²) >= 11 is 0. The normalized spacial score (nSPS) is 12.9. The van der Waals surface area contributed by atoms with E-state index in [1.807, 2.05) is 45.0 Å². The number of carbonyl (C=O) groups is 1. The second kappa shape index (κ2) is 8.38.